The molecule has 2 heteroatoms. The lowest BCUT2D eigenvalue weighted by Gasteiger charge is -2.08. The highest BCUT2D eigenvalue weighted by Gasteiger charge is 2.05. The molecule has 0 unspecified atom stereocenters. The topological polar surface area (TPSA) is 40.5 Å². The molecule has 0 amide bonds. The van der Waals surface area contributed by atoms with E-state index in [1.807, 2.05) is 24.3 Å². The van der Waals surface area contributed by atoms with Crippen molar-refractivity contribution in [3.05, 3.63) is 55.0 Å². The van der Waals surface area contributed by atoms with Crippen molar-refractivity contribution in [1.29, 1.82) is 0 Å². The standard InChI is InChI=1S/C14H13O2/c1-2-10-5-3-4-6-12(10)11-7-8-13(15)14(16)9-11/h3-9,15-16H,1-2H2. The van der Waals surface area contributed by atoms with Gasteiger partial charge in [0.05, 0.1) is 0 Å². The Morgan fingerprint density at radius 2 is 1.69 bits per heavy atom. The van der Waals surface area contributed by atoms with Crippen LogP contribution in [0.3, 0.4) is 0 Å². The van der Waals surface area contributed by atoms with Gasteiger partial charge in [0.15, 0.2) is 11.5 Å². The zero-order chi connectivity index (χ0) is 11.5. The van der Waals surface area contributed by atoms with Crippen LogP contribution in [0, 0.1) is 6.92 Å². The van der Waals surface area contributed by atoms with Gasteiger partial charge in [0.25, 0.3) is 0 Å². The maximum atomic E-state index is 9.46. The van der Waals surface area contributed by atoms with Crippen LogP contribution < -0.4 is 0 Å². The third kappa shape index (κ3) is 1.87. The Hall–Kier alpha value is -1.96. The number of aromatic hydroxyl groups is 2. The first-order chi connectivity index (χ1) is 7.72. The van der Waals surface area contributed by atoms with Gasteiger partial charge >= 0.3 is 0 Å². The largest absolute Gasteiger partial charge is 0.504 e. The average Bonchev–Trinajstić information content (AvgIpc) is 2.32. The van der Waals surface area contributed by atoms with Crippen LogP contribution in [0.5, 0.6) is 11.5 Å². The maximum absolute atomic E-state index is 9.46. The minimum absolute atomic E-state index is 0.101. The third-order valence-electron chi connectivity index (χ3n) is 2.57. The quantitative estimate of drug-likeness (QED) is 0.752. The molecule has 0 spiro atoms. The van der Waals surface area contributed by atoms with Gasteiger partial charge in [-0.1, -0.05) is 30.3 Å². The van der Waals surface area contributed by atoms with Gasteiger partial charge in [-0.2, -0.15) is 0 Å². The van der Waals surface area contributed by atoms with Gasteiger partial charge < -0.3 is 10.2 Å². The number of benzene rings is 2. The second kappa shape index (κ2) is 4.27. The summed E-state index contributed by atoms with van der Waals surface area (Å²) in [5.74, 6) is -0.202. The summed E-state index contributed by atoms with van der Waals surface area (Å²) in [4.78, 5) is 0. The fourth-order valence-corrected chi connectivity index (χ4v) is 1.71. The van der Waals surface area contributed by atoms with Crippen LogP contribution in [0.25, 0.3) is 11.1 Å². The molecule has 2 N–H and O–H groups in total. The van der Waals surface area contributed by atoms with Crippen LogP contribution in [0.4, 0.5) is 0 Å². The second-order valence-electron chi connectivity index (χ2n) is 3.61. The van der Waals surface area contributed by atoms with Gasteiger partial charge in [-0.05, 0) is 42.2 Å². The Kier molecular flexibility index (Phi) is 2.82. The lowest BCUT2D eigenvalue weighted by Crippen LogP contribution is -1.86. The van der Waals surface area contributed by atoms with Crippen LogP contribution >= 0.6 is 0 Å². The molecule has 0 aromatic heterocycles. The van der Waals surface area contributed by atoms with E-state index in [1.165, 1.54) is 6.07 Å². The number of hydrogen-bond acceptors (Lipinski definition) is 2. The van der Waals surface area contributed by atoms with Crippen molar-refractivity contribution in [2.45, 2.75) is 6.42 Å². The summed E-state index contributed by atoms with van der Waals surface area (Å²) in [6.45, 7) is 3.87. The monoisotopic (exact) mass is 213 g/mol. The summed E-state index contributed by atoms with van der Waals surface area (Å²) in [5.41, 5.74) is 3.04. The molecule has 2 aromatic rings. The van der Waals surface area contributed by atoms with Gasteiger partial charge in [-0.25, -0.2) is 0 Å². The molecule has 0 aliphatic rings. The SMILES string of the molecule is [CH2]Cc1ccccc1-c1ccc(O)c(O)c1. The van der Waals surface area contributed by atoms with Crippen LogP contribution in [0.15, 0.2) is 42.5 Å². The number of phenolic OH excluding ortho intramolecular Hbond substituents is 2. The van der Waals surface area contributed by atoms with E-state index in [-0.39, 0.29) is 11.5 Å². The molecular weight excluding hydrogens is 200 g/mol. The van der Waals surface area contributed by atoms with Gasteiger partial charge in [0.1, 0.15) is 0 Å². The molecule has 0 aliphatic heterocycles. The summed E-state index contributed by atoms with van der Waals surface area (Å²) in [5, 5.41) is 18.7. The Morgan fingerprint density at radius 1 is 0.938 bits per heavy atom. The van der Waals surface area contributed by atoms with E-state index >= 15 is 0 Å². The highest BCUT2D eigenvalue weighted by Crippen LogP contribution is 2.32. The predicted molar refractivity (Wildman–Crippen MR) is 64.3 cm³/mol. The summed E-state index contributed by atoms with van der Waals surface area (Å²) in [6, 6.07) is 12.7. The molecular formula is C14H13O2. The predicted octanol–water partition coefficient (Wildman–Crippen LogP) is 3.14. The van der Waals surface area contributed by atoms with Gasteiger partial charge in [-0.15, -0.1) is 0 Å². The Morgan fingerprint density at radius 3 is 2.38 bits per heavy atom. The minimum Gasteiger partial charge on any atom is -0.504 e. The lowest BCUT2D eigenvalue weighted by molar-refractivity contribution is 0.404. The highest BCUT2D eigenvalue weighted by molar-refractivity contribution is 5.70. The minimum atomic E-state index is -0.101. The summed E-state index contributed by atoms with van der Waals surface area (Å²) < 4.78 is 0. The van der Waals surface area contributed by atoms with Crippen LogP contribution in [0.2, 0.25) is 0 Å². The van der Waals surface area contributed by atoms with E-state index in [2.05, 4.69) is 6.92 Å². The number of rotatable bonds is 2. The summed E-state index contributed by atoms with van der Waals surface area (Å²) in [6.07, 6.45) is 0.692. The van der Waals surface area contributed by atoms with E-state index in [0.29, 0.717) is 6.42 Å². The first-order valence-electron chi connectivity index (χ1n) is 5.12. The fraction of sp³-hybridized carbons (Fsp3) is 0.0714. The first-order valence-corrected chi connectivity index (χ1v) is 5.12. The van der Waals surface area contributed by atoms with E-state index in [9.17, 15) is 10.2 Å². The summed E-state index contributed by atoms with van der Waals surface area (Å²) in [7, 11) is 0. The van der Waals surface area contributed by atoms with Crippen molar-refractivity contribution < 1.29 is 10.2 Å². The normalized spacial score (nSPS) is 10.3. The smallest absolute Gasteiger partial charge is 0.158 e. The van der Waals surface area contributed by atoms with Crippen LogP contribution in [0.1, 0.15) is 5.56 Å². The van der Waals surface area contributed by atoms with E-state index in [1.54, 1.807) is 12.1 Å². The average molecular weight is 213 g/mol. The molecule has 1 radical (unpaired) electrons. The summed E-state index contributed by atoms with van der Waals surface area (Å²) >= 11 is 0. The van der Waals surface area contributed by atoms with Crippen molar-refractivity contribution in [3.8, 4) is 22.6 Å². The first kappa shape index (κ1) is 10.6. The molecule has 0 saturated carbocycles. The van der Waals surface area contributed by atoms with Crippen molar-refractivity contribution in [1.82, 2.24) is 0 Å². The van der Waals surface area contributed by atoms with E-state index in [4.69, 9.17) is 0 Å². The molecule has 0 heterocycles. The van der Waals surface area contributed by atoms with Crippen LogP contribution in [-0.2, 0) is 6.42 Å². The zero-order valence-corrected chi connectivity index (χ0v) is 8.85. The molecule has 2 aromatic carbocycles. The zero-order valence-electron chi connectivity index (χ0n) is 8.85. The van der Waals surface area contributed by atoms with Gasteiger partial charge in [0, 0.05) is 0 Å². The van der Waals surface area contributed by atoms with Gasteiger partial charge in [-0.3, -0.25) is 0 Å². The molecule has 0 aliphatic carbocycles. The fourth-order valence-electron chi connectivity index (χ4n) is 1.71. The Labute approximate surface area is 94.8 Å². The van der Waals surface area contributed by atoms with Crippen molar-refractivity contribution >= 4 is 0 Å². The molecule has 81 valence electrons. The Bertz CT molecular complexity index is 504. The maximum Gasteiger partial charge on any atom is 0.158 e. The van der Waals surface area contributed by atoms with E-state index in [0.717, 1.165) is 16.7 Å². The third-order valence-corrected chi connectivity index (χ3v) is 2.57. The van der Waals surface area contributed by atoms with Crippen molar-refractivity contribution in [2.75, 3.05) is 0 Å². The second-order valence-corrected chi connectivity index (χ2v) is 3.61. The Balaban J connectivity index is 2.54. The molecule has 0 atom stereocenters. The molecule has 2 rings (SSSR count). The molecule has 2 nitrogen and oxygen atoms in total. The van der Waals surface area contributed by atoms with E-state index < -0.39 is 0 Å². The molecule has 0 bridgehead atoms. The van der Waals surface area contributed by atoms with Crippen molar-refractivity contribution in [2.24, 2.45) is 0 Å². The number of phenols is 2. The number of hydrogen-bond donors (Lipinski definition) is 2. The molecule has 16 heavy (non-hydrogen) atoms. The van der Waals surface area contributed by atoms with Crippen molar-refractivity contribution in [3.63, 3.8) is 0 Å². The molecule has 0 fully saturated rings. The lowest BCUT2D eigenvalue weighted by atomic mass is 9.98. The molecule has 0 saturated heterocycles. The van der Waals surface area contributed by atoms with Gasteiger partial charge in [0.2, 0.25) is 0 Å². The highest BCUT2D eigenvalue weighted by atomic mass is 16.3. The van der Waals surface area contributed by atoms with Crippen LogP contribution in [-0.4, -0.2) is 10.2 Å².